The molecular formula is C17H23N3O. The van der Waals surface area contributed by atoms with Gasteiger partial charge < -0.3 is 4.74 Å². The number of nitrogens with zero attached hydrogens (tertiary/aromatic N) is 1. The molecule has 4 heteroatoms. The van der Waals surface area contributed by atoms with Crippen LogP contribution < -0.4 is 11.3 Å². The average molecular weight is 285 g/mol. The summed E-state index contributed by atoms with van der Waals surface area (Å²) in [5.41, 5.74) is 5.17. The first-order valence-electron chi connectivity index (χ1n) is 7.63. The van der Waals surface area contributed by atoms with Crippen LogP contribution in [0.3, 0.4) is 0 Å². The minimum atomic E-state index is -0.140. The van der Waals surface area contributed by atoms with E-state index in [1.165, 1.54) is 23.8 Å². The van der Waals surface area contributed by atoms with Gasteiger partial charge >= 0.3 is 0 Å². The van der Waals surface area contributed by atoms with Gasteiger partial charge in [-0.25, -0.2) is 0 Å². The molecule has 1 aliphatic rings. The van der Waals surface area contributed by atoms with Crippen LogP contribution in [0.4, 0.5) is 0 Å². The zero-order chi connectivity index (χ0) is 14.7. The van der Waals surface area contributed by atoms with E-state index in [0.717, 1.165) is 24.8 Å². The number of fused-ring (bicyclic) bond motifs is 1. The maximum atomic E-state index is 5.88. The first kappa shape index (κ1) is 14.4. The molecular weight excluding hydrogens is 262 g/mol. The van der Waals surface area contributed by atoms with E-state index in [9.17, 15) is 0 Å². The van der Waals surface area contributed by atoms with Crippen molar-refractivity contribution in [1.29, 1.82) is 0 Å². The Morgan fingerprint density at radius 3 is 2.76 bits per heavy atom. The van der Waals surface area contributed by atoms with Gasteiger partial charge in [-0.1, -0.05) is 31.0 Å². The molecule has 1 aromatic carbocycles. The molecule has 3 rings (SSSR count). The highest BCUT2D eigenvalue weighted by Crippen LogP contribution is 2.37. The Morgan fingerprint density at radius 1 is 1.29 bits per heavy atom. The van der Waals surface area contributed by atoms with Crippen LogP contribution in [0.15, 0.2) is 36.5 Å². The highest BCUT2D eigenvalue weighted by molar-refractivity contribution is 5.81. The lowest BCUT2D eigenvalue weighted by Crippen LogP contribution is -2.54. The SMILES string of the molecule is COC1(C(Cc2ccnc3ccccc23)NN)CCCC1. The first-order chi connectivity index (χ1) is 10.3. The third kappa shape index (κ3) is 2.67. The maximum Gasteiger partial charge on any atom is 0.0847 e. The van der Waals surface area contributed by atoms with Crippen molar-refractivity contribution in [3.8, 4) is 0 Å². The van der Waals surface area contributed by atoms with E-state index in [2.05, 4.69) is 28.6 Å². The molecule has 0 radical (unpaired) electrons. The summed E-state index contributed by atoms with van der Waals surface area (Å²) < 4.78 is 5.88. The summed E-state index contributed by atoms with van der Waals surface area (Å²) in [6, 6.07) is 10.5. The van der Waals surface area contributed by atoms with Gasteiger partial charge in [0.2, 0.25) is 0 Å². The Bertz CT molecular complexity index is 603. The summed E-state index contributed by atoms with van der Waals surface area (Å²) in [7, 11) is 1.81. The van der Waals surface area contributed by atoms with Gasteiger partial charge in [0.1, 0.15) is 0 Å². The number of hydrogen-bond donors (Lipinski definition) is 2. The predicted molar refractivity (Wildman–Crippen MR) is 84.8 cm³/mol. The van der Waals surface area contributed by atoms with E-state index in [1.807, 2.05) is 18.3 Å². The number of para-hydroxylation sites is 1. The number of nitrogens with two attached hydrogens (primary N) is 1. The van der Waals surface area contributed by atoms with E-state index in [1.54, 1.807) is 7.11 Å². The third-order valence-corrected chi connectivity index (χ3v) is 4.86. The lowest BCUT2D eigenvalue weighted by Gasteiger charge is -2.36. The van der Waals surface area contributed by atoms with E-state index in [4.69, 9.17) is 10.6 Å². The fourth-order valence-electron chi connectivity index (χ4n) is 3.62. The van der Waals surface area contributed by atoms with Gasteiger partial charge in [-0.15, -0.1) is 0 Å². The molecule has 0 spiro atoms. The van der Waals surface area contributed by atoms with Gasteiger partial charge in [-0.05, 0) is 37.0 Å². The topological polar surface area (TPSA) is 60.2 Å². The smallest absolute Gasteiger partial charge is 0.0847 e. The molecule has 1 fully saturated rings. The lowest BCUT2D eigenvalue weighted by molar-refractivity contribution is -0.0355. The van der Waals surface area contributed by atoms with Crippen molar-refractivity contribution < 1.29 is 4.74 Å². The number of rotatable bonds is 5. The van der Waals surface area contributed by atoms with Crippen LogP contribution in [-0.4, -0.2) is 23.7 Å². The normalized spacial score (nSPS) is 19.0. The molecule has 3 N–H and O–H groups in total. The standard InChI is InChI=1S/C17H23N3O/c1-21-17(9-4-5-10-17)16(20-18)12-13-8-11-19-15-7-3-2-6-14(13)15/h2-3,6-8,11,16,20H,4-5,9-10,12,18H2,1H3. The molecule has 0 bridgehead atoms. The van der Waals surface area contributed by atoms with Gasteiger partial charge in [0.25, 0.3) is 0 Å². The molecule has 1 atom stereocenters. The molecule has 1 unspecified atom stereocenters. The minimum Gasteiger partial charge on any atom is -0.377 e. The van der Waals surface area contributed by atoms with Crippen LogP contribution >= 0.6 is 0 Å². The fourth-order valence-corrected chi connectivity index (χ4v) is 3.62. The molecule has 4 nitrogen and oxygen atoms in total. The number of benzene rings is 1. The van der Waals surface area contributed by atoms with Crippen LogP contribution in [0.2, 0.25) is 0 Å². The molecule has 1 aliphatic carbocycles. The lowest BCUT2D eigenvalue weighted by atomic mass is 9.87. The van der Waals surface area contributed by atoms with Crippen LogP contribution in [0.1, 0.15) is 31.2 Å². The van der Waals surface area contributed by atoms with Crippen molar-refractivity contribution in [2.75, 3.05) is 7.11 Å². The van der Waals surface area contributed by atoms with Gasteiger partial charge in [-0.3, -0.25) is 16.3 Å². The van der Waals surface area contributed by atoms with Crippen molar-refractivity contribution >= 4 is 10.9 Å². The summed E-state index contributed by atoms with van der Waals surface area (Å²) in [6.45, 7) is 0. The quantitative estimate of drug-likeness (QED) is 0.655. The van der Waals surface area contributed by atoms with Crippen LogP contribution in [0.25, 0.3) is 10.9 Å². The van der Waals surface area contributed by atoms with Gasteiger partial charge in [0, 0.05) is 18.7 Å². The van der Waals surface area contributed by atoms with Crippen molar-refractivity contribution in [3.05, 3.63) is 42.1 Å². The predicted octanol–water partition coefficient (Wildman–Crippen LogP) is 2.57. The molecule has 0 saturated heterocycles. The Hall–Kier alpha value is -1.49. The summed E-state index contributed by atoms with van der Waals surface area (Å²) >= 11 is 0. The van der Waals surface area contributed by atoms with E-state index in [-0.39, 0.29) is 11.6 Å². The molecule has 21 heavy (non-hydrogen) atoms. The van der Waals surface area contributed by atoms with Crippen LogP contribution in [0.5, 0.6) is 0 Å². The number of ether oxygens (including phenoxy) is 1. The Balaban J connectivity index is 1.92. The van der Waals surface area contributed by atoms with E-state index in [0.29, 0.717) is 0 Å². The monoisotopic (exact) mass is 285 g/mol. The maximum absolute atomic E-state index is 5.88. The van der Waals surface area contributed by atoms with Crippen molar-refractivity contribution in [2.24, 2.45) is 5.84 Å². The zero-order valence-electron chi connectivity index (χ0n) is 12.5. The highest BCUT2D eigenvalue weighted by Gasteiger charge is 2.41. The number of pyridine rings is 1. The number of hydrazine groups is 1. The molecule has 1 aromatic heterocycles. The number of hydrogen-bond acceptors (Lipinski definition) is 4. The molecule has 1 saturated carbocycles. The van der Waals surface area contributed by atoms with E-state index < -0.39 is 0 Å². The second kappa shape index (κ2) is 6.10. The van der Waals surface area contributed by atoms with Crippen molar-refractivity contribution in [2.45, 2.75) is 43.7 Å². The summed E-state index contributed by atoms with van der Waals surface area (Å²) in [5.74, 6) is 5.86. The summed E-state index contributed by atoms with van der Waals surface area (Å²) in [6.07, 6.45) is 7.29. The molecule has 2 aromatic rings. The number of aromatic nitrogens is 1. The third-order valence-electron chi connectivity index (χ3n) is 4.86. The molecule has 112 valence electrons. The fraction of sp³-hybridized carbons (Fsp3) is 0.471. The summed E-state index contributed by atoms with van der Waals surface area (Å²) in [4.78, 5) is 4.43. The van der Waals surface area contributed by atoms with Gasteiger partial charge in [0.15, 0.2) is 0 Å². The Labute approximate surface area is 125 Å². The highest BCUT2D eigenvalue weighted by atomic mass is 16.5. The Kier molecular flexibility index (Phi) is 4.19. The second-order valence-corrected chi connectivity index (χ2v) is 5.89. The molecule has 1 heterocycles. The van der Waals surface area contributed by atoms with Crippen molar-refractivity contribution in [3.63, 3.8) is 0 Å². The number of methoxy groups -OCH3 is 1. The zero-order valence-corrected chi connectivity index (χ0v) is 12.5. The molecule has 0 amide bonds. The van der Waals surface area contributed by atoms with Gasteiger partial charge in [0.05, 0.1) is 17.2 Å². The second-order valence-electron chi connectivity index (χ2n) is 5.89. The van der Waals surface area contributed by atoms with Crippen molar-refractivity contribution in [1.82, 2.24) is 10.4 Å². The largest absolute Gasteiger partial charge is 0.377 e. The first-order valence-corrected chi connectivity index (χ1v) is 7.63. The average Bonchev–Trinajstić information content (AvgIpc) is 3.02. The Morgan fingerprint density at radius 2 is 2.05 bits per heavy atom. The van der Waals surface area contributed by atoms with Crippen LogP contribution in [-0.2, 0) is 11.2 Å². The van der Waals surface area contributed by atoms with E-state index >= 15 is 0 Å². The van der Waals surface area contributed by atoms with Crippen LogP contribution in [0, 0.1) is 0 Å². The summed E-state index contributed by atoms with van der Waals surface area (Å²) in [5, 5.41) is 1.20. The van der Waals surface area contributed by atoms with Gasteiger partial charge in [-0.2, -0.15) is 0 Å². The number of nitrogens with one attached hydrogen (secondary N) is 1. The molecule has 0 aliphatic heterocycles. The minimum absolute atomic E-state index is 0.121.